The Morgan fingerprint density at radius 1 is 0.783 bits per heavy atom. The van der Waals surface area contributed by atoms with Crippen LogP contribution in [0.5, 0.6) is 0 Å². The number of hydrogen-bond acceptors (Lipinski definition) is 11. The Hall–Kier alpha value is -0.440. The van der Waals surface area contributed by atoms with Crippen LogP contribution in [0.4, 0.5) is 0 Å². The van der Waals surface area contributed by atoms with Crippen molar-refractivity contribution in [1.82, 2.24) is 0 Å². The normalized spacial score (nSPS) is 51.1. The van der Waals surface area contributed by atoms with E-state index >= 15 is 0 Å². The van der Waals surface area contributed by atoms with Crippen LogP contribution in [-0.4, -0.2) is 115 Å². The van der Waals surface area contributed by atoms with Gasteiger partial charge in [0.05, 0.1) is 13.2 Å². The lowest BCUT2D eigenvalue weighted by Crippen LogP contribution is -2.62. The molecule has 2 aliphatic heterocycles. The molecule has 0 unspecified atom stereocenters. The van der Waals surface area contributed by atoms with Crippen molar-refractivity contribution in [2.24, 2.45) is 0 Å². The molecule has 0 aromatic carbocycles. The molecule has 23 heavy (non-hydrogen) atoms. The molecule has 0 aliphatic carbocycles. The van der Waals surface area contributed by atoms with Crippen LogP contribution >= 0.6 is 0 Å². The first-order chi connectivity index (χ1) is 10.8. The zero-order valence-electron chi connectivity index (χ0n) is 12.0. The van der Waals surface area contributed by atoms with E-state index in [1.807, 2.05) is 0 Å². The summed E-state index contributed by atoms with van der Waals surface area (Å²) in [6.07, 6.45) is -12.7. The second-order valence-electron chi connectivity index (χ2n) is 5.56. The Bertz CT molecular complexity index is 393. The molecule has 2 aliphatic rings. The molecule has 0 saturated carbocycles. The standard InChI is InChI=1S/C12H22O11/c13-1-4-6(16)8(18)9(19)11(21-4)23-12(3-15)10(20)7(17)5(2-14)22-12/h4-11,13-20H,1-3H2/t4-,5-,6-,7-,8-,9+,10+,11+,12+/m1/s1. The summed E-state index contributed by atoms with van der Waals surface area (Å²) in [5.41, 5.74) is 0. The molecule has 2 rings (SSSR count). The van der Waals surface area contributed by atoms with E-state index in [0.29, 0.717) is 0 Å². The highest BCUT2D eigenvalue weighted by Gasteiger charge is 2.58. The van der Waals surface area contributed by atoms with E-state index in [0.717, 1.165) is 0 Å². The second kappa shape index (κ2) is 7.21. The molecule has 0 spiro atoms. The topological polar surface area (TPSA) is 190 Å². The summed E-state index contributed by atoms with van der Waals surface area (Å²) >= 11 is 0. The average molecular weight is 342 g/mol. The fraction of sp³-hybridized carbons (Fsp3) is 1.00. The first-order valence-electron chi connectivity index (χ1n) is 7.05. The molecule has 11 nitrogen and oxygen atoms in total. The van der Waals surface area contributed by atoms with E-state index < -0.39 is 74.6 Å². The van der Waals surface area contributed by atoms with Gasteiger partial charge in [-0.1, -0.05) is 0 Å². The van der Waals surface area contributed by atoms with E-state index in [-0.39, 0.29) is 0 Å². The minimum atomic E-state index is -2.22. The van der Waals surface area contributed by atoms with Crippen LogP contribution in [0, 0.1) is 0 Å². The zero-order valence-corrected chi connectivity index (χ0v) is 12.0. The van der Waals surface area contributed by atoms with Crippen molar-refractivity contribution in [2.75, 3.05) is 19.8 Å². The van der Waals surface area contributed by atoms with Gasteiger partial charge in [0.2, 0.25) is 5.79 Å². The predicted molar refractivity (Wildman–Crippen MR) is 68.6 cm³/mol. The van der Waals surface area contributed by atoms with Gasteiger partial charge in [0.15, 0.2) is 6.29 Å². The number of aliphatic hydroxyl groups is 8. The van der Waals surface area contributed by atoms with Crippen LogP contribution in [0.15, 0.2) is 0 Å². The fourth-order valence-corrected chi connectivity index (χ4v) is 2.63. The highest BCUT2D eigenvalue weighted by molar-refractivity contribution is 4.98. The summed E-state index contributed by atoms with van der Waals surface area (Å²) in [6.45, 7) is -2.32. The third kappa shape index (κ3) is 3.23. The number of hydrogen-bond donors (Lipinski definition) is 8. The minimum Gasteiger partial charge on any atom is -0.394 e. The Labute approximate surface area is 130 Å². The maximum absolute atomic E-state index is 10.00. The summed E-state index contributed by atoms with van der Waals surface area (Å²) in [7, 11) is 0. The van der Waals surface area contributed by atoms with E-state index in [9.17, 15) is 30.6 Å². The third-order valence-electron chi connectivity index (χ3n) is 4.07. The van der Waals surface area contributed by atoms with Crippen LogP contribution in [0.3, 0.4) is 0 Å². The molecule has 11 heteroatoms. The van der Waals surface area contributed by atoms with Gasteiger partial charge < -0.3 is 55.1 Å². The molecule has 2 saturated heterocycles. The van der Waals surface area contributed by atoms with Gasteiger partial charge in [0.25, 0.3) is 0 Å². The van der Waals surface area contributed by atoms with Gasteiger partial charge >= 0.3 is 0 Å². The van der Waals surface area contributed by atoms with Gasteiger partial charge in [-0.15, -0.1) is 0 Å². The van der Waals surface area contributed by atoms with Crippen molar-refractivity contribution < 1.29 is 55.1 Å². The van der Waals surface area contributed by atoms with Gasteiger partial charge in [-0.25, -0.2) is 0 Å². The molecule has 8 N–H and O–H groups in total. The van der Waals surface area contributed by atoms with Crippen LogP contribution in [0.25, 0.3) is 0 Å². The van der Waals surface area contributed by atoms with Gasteiger partial charge in [-0.3, -0.25) is 0 Å². The molecule has 0 radical (unpaired) electrons. The molecule has 0 aromatic rings. The fourth-order valence-electron chi connectivity index (χ4n) is 2.63. The summed E-state index contributed by atoms with van der Waals surface area (Å²) in [5, 5.41) is 76.7. The maximum atomic E-state index is 10.00. The van der Waals surface area contributed by atoms with E-state index in [1.54, 1.807) is 0 Å². The van der Waals surface area contributed by atoms with Crippen molar-refractivity contribution in [1.29, 1.82) is 0 Å². The second-order valence-corrected chi connectivity index (χ2v) is 5.56. The van der Waals surface area contributed by atoms with E-state index in [1.165, 1.54) is 0 Å². The largest absolute Gasteiger partial charge is 0.394 e. The van der Waals surface area contributed by atoms with E-state index in [2.05, 4.69) is 0 Å². The SMILES string of the molecule is OC[C@H]1O[C@@](CO)(O[C@@H]2O[C@H](CO)[C@@H](O)[C@@H](O)[C@@H]2O)[C@@H](O)[C@@H]1O. The van der Waals surface area contributed by atoms with Crippen molar-refractivity contribution in [3.63, 3.8) is 0 Å². The lowest BCUT2D eigenvalue weighted by atomic mass is 9.99. The minimum absolute atomic E-state index is 0.669. The zero-order chi connectivity index (χ0) is 17.4. The Balaban J connectivity index is 2.18. The first-order valence-corrected chi connectivity index (χ1v) is 7.05. The lowest BCUT2D eigenvalue weighted by Gasteiger charge is -2.43. The number of aliphatic hydroxyl groups excluding tert-OH is 8. The van der Waals surface area contributed by atoms with Crippen LogP contribution in [-0.2, 0) is 14.2 Å². The van der Waals surface area contributed by atoms with Crippen molar-refractivity contribution in [3.05, 3.63) is 0 Å². The number of rotatable bonds is 5. The molecule has 0 amide bonds. The van der Waals surface area contributed by atoms with Crippen molar-refractivity contribution >= 4 is 0 Å². The van der Waals surface area contributed by atoms with Crippen LogP contribution in [0.2, 0.25) is 0 Å². The quantitative estimate of drug-likeness (QED) is 0.238. The summed E-state index contributed by atoms with van der Waals surface area (Å²) in [4.78, 5) is 0. The van der Waals surface area contributed by atoms with Crippen molar-refractivity contribution in [3.8, 4) is 0 Å². The summed E-state index contributed by atoms with van der Waals surface area (Å²) in [6, 6.07) is 0. The Morgan fingerprint density at radius 2 is 1.39 bits per heavy atom. The lowest BCUT2D eigenvalue weighted by molar-refractivity contribution is -0.383. The maximum Gasteiger partial charge on any atom is 0.224 e. The molecular formula is C12H22O11. The molecule has 136 valence electrons. The monoisotopic (exact) mass is 342 g/mol. The van der Waals surface area contributed by atoms with Crippen LogP contribution < -0.4 is 0 Å². The molecule has 2 fully saturated rings. The molecule has 9 atom stereocenters. The highest BCUT2D eigenvalue weighted by Crippen LogP contribution is 2.35. The molecule has 0 bridgehead atoms. The molecule has 0 aromatic heterocycles. The summed E-state index contributed by atoms with van der Waals surface area (Å²) in [5.74, 6) is -2.22. The van der Waals surface area contributed by atoms with Gasteiger partial charge in [0.1, 0.15) is 49.3 Å². The first kappa shape index (κ1) is 18.9. The average Bonchev–Trinajstić information content (AvgIpc) is 2.80. The van der Waals surface area contributed by atoms with Crippen LogP contribution in [0.1, 0.15) is 0 Å². The van der Waals surface area contributed by atoms with Gasteiger partial charge in [0, 0.05) is 0 Å². The predicted octanol–water partition coefficient (Wildman–Crippen LogP) is -5.40. The van der Waals surface area contributed by atoms with Crippen molar-refractivity contribution in [2.45, 2.75) is 54.8 Å². The van der Waals surface area contributed by atoms with E-state index in [4.69, 9.17) is 24.4 Å². The van der Waals surface area contributed by atoms with Gasteiger partial charge in [-0.05, 0) is 0 Å². The molecule has 2 heterocycles. The third-order valence-corrected chi connectivity index (χ3v) is 4.07. The Morgan fingerprint density at radius 3 is 1.87 bits per heavy atom. The summed E-state index contributed by atoms with van der Waals surface area (Å²) < 4.78 is 15.4. The Kier molecular flexibility index (Phi) is 5.92. The smallest absolute Gasteiger partial charge is 0.224 e. The highest BCUT2D eigenvalue weighted by atomic mass is 16.8. The molecular weight excluding hydrogens is 320 g/mol. The van der Waals surface area contributed by atoms with Gasteiger partial charge in [-0.2, -0.15) is 0 Å². The number of ether oxygens (including phenoxy) is 3.